The van der Waals surface area contributed by atoms with E-state index in [1.165, 1.54) is 25.7 Å². The smallest absolute Gasteiger partial charge is 0.0183 e. The lowest BCUT2D eigenvalue weighted by molar-refractivity contribution is 0.183. The largest absolute Gasteiger partial charge is 0.309 e. The van der Waals surface area contributed by atoms with E-state index in [1.54, 1.807) is 11.1 Å². The molecule has 0 aromatic heterocycles. The predicted octanol–water partition coefficient (Wildman–Crippen LogP) is 1.83. The lowest BCUT2D eigenvalue weighted by Gasteiger charge is -2.42. The van der Waals surface area contributed by atoms with Crippen LogP contribution in [-0.4, -0.2) is 25.2 Å². The van der Waals surface area contributed by atoms with Crippen LogP contribution >= 0.6 is 0 Å². The van der Waals surface area contributed by atoms with Gasteiger partial charge in [0.1, 0.15) is 0 Å². The lowest BCUT2D eigenvalue weighted by Crippen LogP contribution is -2.51. The van der Waals surface area contributed by atoms with E-state index >= 15 is 0 Å². The molecule has 0 aromatic rings. The maximum atomic E-state index is 3.75. The first-order chi connectivity index (χ1) is 6.76. The summed E-state index contributed by atoms with van der Waals surface area (Å²) < 4.78 is 0. The number of nitrogens with one attached hydrogen (secondary N) is 2. The van der Waals surface area contributed by atoms with Gasteiger partial charge in [0, 0.05) is 25.2 Å². The summed E-state index contributed by atoms with van der Waals surface area (Å²) in [5.41, 5.74) is 3.67. The maximum Gasteiger partial charge on any atom is 0.0183 e. The first-order valence-corrected chi connectivity index (χ1v) is 5.89. The predicted molar refractivity (Wildman–Crippen MR) is 60.4 cm³/mol. The third-order valence-electron chi connectivity index (χ3n) is 4.00. The summed E-state index contributed by atoms with van der Waals surface area (Å²) in [5.74, 6) is 0. The second kappa shape index (κ2) is 4.03. The van der Waals surface area contributed by atoms with Crippen molar-refractivity contribution in [2.45, 2.75) is 45.1 Å². The Balaban J connectivity index is 1.81. The standard InChI is InChI=1S/C12H22N2/c1-3-12(5-4-6-12)14-7-10(2)11-8-13-9-11/h13-14H,3-9H2,1-2H3. The summed E-state index contributed by atoms with van der Waals surface area (Å²) in [6, 6.07) is 0. The quantitative estimate of drug-likeness (QED) is 0.667. The van der Waals surface area contributed by atoms with Crippen LogP contribution in [0.2, 0.25) is 0 Å². The molecular weight excluding hydrogens is 172 g/mol. The number of hydrogen-bond donors (Lipinski definition) is 2. The Morgan fingerprint density at radius 3 is 2.50 bits per heavy atom. The van der Waals surface area contributed by atoms with E-state index in [-0.39, 0.29) is 0 Å². The average Bonchev–Trinajstić information content (AvgIpc) is 2.00. The first kappa shape index (κ1) is 10.2. The Hall–Kier alpha value is -0.340. The molecule has 2 rings (SSSR count). The molecule has 2 heteroatoms. The van der Waals surface area contributed by atoms with Gasteiger partial charge in [-0.15, -0.1) is 0 Å². The number of rotatable bonds is 4. The SMILES string of the molecule is CCC1(NCC(C)=C2CNC2)CCC1. The Labute approximate surface area is 87.2 Å². The van der Waals surface area contributed by atoms with Gasteiger partial charge < -0.3 is 10.6 Å². The molecule has 0 amide bonds. The normalized spacial score (nSPS) is 24.0. The van der Waals surface area contributed by atoms with Crippen LogP contribution in [-0.2, 0) is 0 Å². The van der Waals surface area contributed by atoms with Crippen molar-refractivity contribution < 1.29 is 0 Å². The molecule has 1 saturated heterocycles. The van der Waals surface area contributed by atoms with E-state index in [2.05, 4.69) is 24.5 Å². The van der Waals surface area contributed by atoms with Gasteiger partial charge in [0.05, 0.1) is 0 Å². The summed E-state index contributed by atoms with van der Waals surface area (Å²) in [4.78, 5) is 0. The molecule has 1 saturated carbocycles. The highest BCUT2D eigenvalue weighted by Gasteiger charge is 2.34. The summed E-state index contributed by atoms with van der Waals surface area (Å²) in [5, 5.41) is 7.04. The minimum absolute atomic E-state index is 0.499. The van der Waals surface area contributed by atoms with E-state index in [4.69, 9.17) is 0 Å². The van der Waals surface area contributed by atoms with Crippen molar-refractivity contribution in [3.63, 3.8) is 0 Å². The Kier molecular flexibility index (Phi) is 2.93. The molecule has 80 valence electrons. The summed E-state index contributed by atoms with van der Waals surface area (Å²) in [6.45, 7) is 7.91. The molecular formula is C12H22N2. The van der Waals surface area contributed by atoms with Crippen molar-refractivity contribution in [2.75, 3.05) is 19.6 Å². The van der Waals surface area contributed by atoms with Crippen LogP contribution in [0.15, 0.2) is 11.1 Å². The molecule has 1 aliphatic heterocycles. The second-order valence-corrected chi connectivity index (χ2v) is 4.83. The summed E-state index contributed by atoms with van der Waals surface area (Å²) in [7, 11) is 0. The van der Waals surface area contributed by atoms with Crippen LogP contribution < -0.4 is 10.6 Å². The first-order valence-electron chi connectivity index (χ1n) is 5.89. The van der Waals surface area contributed by atoms with Crippen molar-refractivity contribution in [1.82, 2.24) is 10.6 Å². The highest BCUT2D eigenvalue weighted by molar-refractivity contribution is 5.22. The van der Waals surface area contributed by atoms with Gasteiger partial charge in [-0.25, -0.2) is 0 Å². The van der Waals surface area contributed by atoms with Crippen LogP contribution in [0.25, 0.3) is 0 Å². The molecule has 0 atom stereocenters. The van der Waals surface area contributed by atoms with Crippen LogP contribution in [0.1, 0.15) is 39.5 Å². The molecule has 14 heavy (non-hydrogen) atoms. The molecule has 2 fully saturated rings. The van der Waals surface area contributed by atoms with Crippen LogP contribution in [0.4, 0.5) is 0 Å². The highest BCUT2D eigenvalue weighted by Crippen LogP contribution is 2.34. The average molecular weight is 194 g/mol. The Morgan fingerprint density at radius 1 is 1.43 bits per heavy atom. The minimum Gasteiger partial charge on any atom is -0.309 e. The van der Waals surface area contributed by atoms with Crippen molar-refractivity contribution in [2.24, 2.45) is 0 Å². The topological polar surface area (TPSA) is 24.1 Å². The van der Waals surface area contributed by atoms with Gasteiger partial charge in [0.25, 0.3) is 0 Å². The molecule has 1 aliphatic carbocycles. The van der Waals surface area contributed by atoms with Gasteiger partial charge in [-0.05, 0) is 38.2 Å². The molecule has 2 aliphatic rings. The van der Waals surface area contributed by atoms with Crippen molar-refractivity contribution in [3.8, 4) is 0 Å². The van der Waals surface area contributed by atoms with E-state index < -0.39 is 0 Å². The third-order valence-corrected chi connectivity index (χ3v) is 4.00. The van der Waals surface area contributed by atoms with Gasteiger partial charge in [-0.2, -0.15) is 0 Å². The van der Waals surface area contributed by atoms with E-state index in [1.807, 2.05) is 0 Å². The van der Waals surface area contributed by atoms with Crippen molar-refractivity contribution >= 4 is 0 Å². The van der Waals surface area contributed by atoms with Crippen LogP contribution in [0.3, 0.4) is 0 Å². The zero-order valence-electron chi connectivity index (χ0n) is 9.45. The summed E-state index contributed by atoms with van der Waals surface area (Å²) in [6.07, 6.45) is 5.46. The monoisotopic (exact) mass is 194 g/mol. The van der Waals surface area contributed by atoms with Gasteiger partial charge >= 0.3 is 0 Å². The Morgan fingerprint density at radius 2 is 2.14 bits per heavy atom. The van der Waals surface area contributed by atoms with Gasteiger partial charge in [0.15, 0.2) is 0 Å². The van der Waals surface area contributed by atoms with E-state index in [9.17, 15) is 0 Å². The fourth-order valence-electron chi connectivity index (χ4n) is 2.26. The zero-order chi connectivity index (χ0) is 10.0. The highest BCUT2D eigenvalue weighted by atomic mass is 15.0. The number of hydrogen-bond acceptors (Lipinski definition) is 2. The molecule has 0 radical (unpaired) electrons. The van der Waals surface area contributed by atoms with Gasteiger partial charge in [-0.1, -0.05) is 12.5 Å². The lowest BCUT2D eigenvalue weighted by atomic mass is 9.74. The molecule has 0 bridgehead atoms. The fourth-order valence-corrected chi connectivity index (χ4v) is 2.26. The van der Waals surface area contributed by atoms with E-state index in [0.717, 1.165) is 19.6 Å². The van der Waals surface area contributed by atoms with E-state index in [0.29, 0.717) is 5.54 Å². The van der Waals surface area contributed by atoms with Crippen LogP contribution in [0.5, 0.6) is 0 Å². The zero-order valence-corrected chi connectivity index (χ0v) is 9.45. The fraction of sp³-hybridized carbons (Fsp3) is 0.833. The molecule has 0 unspecified atom stereocenters. The molecule has 2 nitrogen and oxygen atoms in total. The van der Waals surface area contributed by atoms with Crippen LogP contribution in [0, 0.1) is 0 Å². The molecule has 1 heterocycles. The minimum atomic E-state index is 0.499. The van der Waals surface area contributed by atoms with Crippen molar-refractivity contribution in [1.29, 1.82) is 0 Å². The third kappa shape index (κ3) is 1.86. The molecule has 2 N–H and O–H groups in total. The van der Waals surface area contributed by atoms with Crippen molar-refractivity contribution in [3.05, 3.63) is 11.1 Å². The molecule has 0 spiro atoms. The molecule has 0 aromatic carbocycles. The van der Waals surface area contributed by atoms with Gasteiger partial charge in [-0.3, -0.25) is 0 Å². The summed E-state index contributed by atoms with van der Waals surface area (Å²) >= 11 is 0. The maximum absolute atomic E-state index is 3.75. The second-order valence-electron chi connectivity index (χ2n) is 4.83. The van der Waals surface area contributed by atoms with Gasteiger partial charge in [0.2, 0.25) is 0 Å². The Bertz CT molecular complexity index is 227.